The third-order valence-corrected chi connectivity index (χ3v) is 3.14. The zero-order valence-electron chi connectivity index (χ0n) is 13.4. The van der Waals surface area contributed by atoms with Crippen LogP contribution >= 0.6 is 0 Å². The summed E-state index contributed by atoms with van der Waals surface area (Å²) in [7, 11) is 0. The number of hydrogen-bond donors (Lipinski definition) is 2. The Labute approximate surface area is 139 Å². The third-order valence-electron chi connectivity index (χ3n) is 3.14. The molecule has 0 spiro atoms. The molecule has 0 saturated carbocycles. The van der Waals surface area contributed by atoms with Crippen molar-refractivity contribution in [2.75, 3.05) is 10.6 Å². The maximum atomic E-state index is 12.1. The van der Waals surface area contributed by atoms with Crippen molar-refractivity contribution in [3.63, 3.8) is 0 Å². The van der Waals surface area contributed by atoms with E-state index in [1.165, 1.54) is 13.8 Å². The second-order valence-electron chi connectivity index (χ2n) is 5.16. The zero-order chi connectivity index (χ0) is 17.5. The minimum Gasteiger partial charge on any atom is -0.449 e. The maximum absolute atomic E-state index is 12.1. The number of carbonyl (C=O) groups is 3. The topological polar surface area (TPSA) is 84.5 Å². The molecule has 0 aliphatic carbocycles. The Hall–Kier alpha value is -3.15. The molecule has 24 heavy (non-hydrogen) atoms. The number of rotatable bonds is 5. The second kappa shape index (κ2) is 7.92. The van der Waals surface area contributed by atoms with E-state index in [0.717, 1.165) is 0 Å². The molecule has 0 aliphatic rings. The van der Waals surface area contributed by atoms with E-state index in [1.54, 1.807) is 54.6 Å². The van der Waals surface area contributed by atoms with E-state index in [0.29, 0.717) is 16.9 Å². The van der Waals surface area contributed by atoms with Gasteiger partial charge in [0.1, 0.15) is 0 Å². The Balaban J connectivity index is 1.91. The number of anilines is 2. The normalized spacial score (nSPS) is 11.2. The lowest BCUT2D eigenvalue weighted by atomic mass is 10.2. The molecule has 2 aromatic carbocycles. The molecule has 0 unspecified atom stereocenters. The standard InChI is InChI=1S/C18H18N2O4/c1-12(24-18(23)14-6-4-3-5-7-14)17(22)20-16-10-8-15(9-11-16)19-13(2)21/h3-12H,1-2H3,(H,19,21)(H,20,22)/t12-/m1/s1. The van der Waals surface area contributed by atoms with Gasteiger partial charge in [0.15, 0.2) is 6.10 Å². The molecular weight excluding hydrogens is 308 g/mol. The number of amides is 2. The Morgan fingerprint density at radius 3 is 1.96 bits per heavy atom. The lowest BCUT2D eigenvalue weighted by Crippen LogP contribution is -2.30. The van der Waals surface area contributed by atoms with E-state index in [1.807, 2.05) is 0 Å². The van der Waals surface area contributed by atoms with Gasteiger partial charge >= 0.3 is 5.97 Å². The van der Waals surface area contributed by atoms with Gasteiger partial charge in [-0.1, -0.05) is 18.2 Å². The van der Waals surface area contributed by atoms with E-state index in [-0.39, 0.29) is 5.91 Å². The average molecular weight is 326 g/mol. The first kappa shape index (κ1) is 17.2. The molecule has 124 valence electrons. The van der Waals surface area contributed by atoms with Crippen molar-refractivity contribution in [2.24, 2.45) is 0 Å². The van der Waals surface area contributed by atoms with E-state index in [4.69, 9.17) is 4.74 Å². The first-order valence-electron chi connectivity index (χ1n) is 7.40. The molecular formula is C18H18N2O4. The number of hydrogen-bond acceptors (Lipinski definition) is 4. The zero-order valence-corrected chi connectivity index (χ0v) is 13.4. The molecule has 2 aromatic rings. The van der Waals surface area contributed by atoms with Gasteiger partial charge in [-0.15, -0.1) is 0 Å². The van der Waals surface area contributed by atoms with Crippen molar-refractivity contribution in [2.45, 2.75) is 20.0 Å². The summed E-state index contributed by atoms with van der Waals surface area (Å²) < 4.78 is 5.14. The SMILES string of the molecule is CC(=O)Nc1ccc(NC(=O)[C@@H](C)OC(=O)c2ccccc2)cc1. The van der Waals surface area contributed by atoms with Crippen LogP contribution in [0.1, 0.15) is 24.2 Å². The van der Waals surface area contributed by atoms with Crippen molar-refractivity contribution < 1.29 is 19.1 Å². The molecule has 0 aromatic heterocycles. The van der Waals surface area contributed by atoms with Gasteiger partial charge < -0.3 is 15.4 Å². The van der Waals surface area contributed by atoms with Crippen molar-refractivity contribution in [1.82, 2.24) is 0 Å². The first-order chi connectivity index (χ1) is 11.5. The van der Waals surface area contributed by atoms with Gasteiger partial charge in [0.25, 0.3) is 5.91 Å². The molecule has 0 radical (unpaired) electrons. The van der Waals surface area contributed by atoms with Crippen LogP contribution in [0.25, 0.3) is 0 Å². The molecule has 2 N–H and O–H groups in total. The van der Waals surface area contributed by atoms with Gasteiger partial charge in [-0.25, -0.2) is 4.79 Å². The highest BCUT2D eigenvalue weighted by Crippen LogP contribution is 2.14. The largest absolute Gasteiger partial charge is 0.449 e. The molecule has 2 amide bonds. The maximum Gasteiger partial charge on any atom is 0.338 e. The van der Waals surface area contributed by atoms with Crippen LogP contribution in [-0.2, 0) is 14.3 Å². The van der Waals surface area contributed by atoms with Gasteiger partial charge in [-0.2, -0.15) is 0 Å². The molecule has 1 atom stereocenters. The molecule has 0 aliphatic heterocycles. The minimum absolute atomic E-state index is 0.173. The molecule has 0 saturated heterocycles. The van der Waals surface area contributed by atoms with Gasteiger partial charge in [0.05, 0.1) is 5.56 Å². The van der Waals surface area contributed by atoms with E-state index in [9.17, 15) is 14.4 Å². The van der Waals surface area contributed by atoms with E-state index >= 15 is 0 Å². The van der Waals surface area contributed by atoms with Crippen LogP contribution in [-0.4, -0.2) is 23.9 Å². The highest BCUT2D eigenvalue weighted by Gasteiger charge is 2.18. The Bertz CT molecular complexity index is 726. The molecule has 0 bridgehead atoms. The van der Waals surface area contributed by atoms with Gasteiger partial charge in [0.2, 0.25) is 5.91 Å². The highest BCUT2D eigenvalue weighted by atomic mass is 16.5. The summed E-state index contributed by atoms with van der Waals surface area (Å²) in [6.07, 6.45) is -0.937. The van der Waals surface area contributed by atoms with Crippen molar-refractivity contribution in [3.8, 4) is 0 Å². The van der Waals surface area contributed by atoms with Crippen molar-refractivity contribution in [3.05, 3.63) is 60.2 Å². The van der Waals surface area contributed by atoms with E-state index < -0.39 is 18.0 Å². The monoisotopic (exact) mass is 326 g/mol. The summed E-state index contributed by atoms with van der Waals surface area (Å²) in [5.41, 5.74) is 1.55. The Morgan fingerprint density at radius 2 is 1.42 bits per heavy atom. The van der Waals surface area contributed by atoms with Crippen LogP contribution in [0.2, 0.25) is 0 Å². The lowest BCUT2D eigenvalue weighted by molar-refractivity contribution is -0.123. The van der Waals surface area contributed by atoms with Crippen LogP contribution in [0, 0.1) is 0 Å². The number of benzene rings is 2. The molecule has 0 fully saturated rings. The average Bonchev–Trinajstić information content (AvgIpc) is 2.56. The fourth-order valence-electron chi connectivity index (χ4n) is 1.94. The van der Waals surface area contributed by atoms with Crippen LogP contribution in [0.15, 0.2) is 54.6 Å². The van der Waals surface area contributed by atoms with Crippen LogP contribution in [0.3, 0.4) is 0 Å². The number of nitrogens with one attached hydrogen (secondary N) is 2. The Morgan fingerprint density at radius 1 is 0.875 bits per heavy atom. The minimum atomic E-state index is -0.937. The predicted molar refractivity (Wildman–Crippen MR) is 90.7 cm³/mol. The summed E-state index contributed by atoms with van der Waals surface area (Å²) in [4.78, 5) is 35.0. The van der Waals surface area contributed by atoms with Crippen LogP contribution in [0.5, 0.6) is 0 Å². The number of ether oxygens (including phenoxy) is 1. The smallest absolute Gasteiger partial charge is 0.338 e. The molecule has 6 heteroatoms. The summed E-state index contributed by atoms with van der Waals surface area (Å²) in [6, 6.07) is 15.1. The van der Waals surface area contributed by atoms with E-state index in [2.05, 4.69) is 10.6 Å². The van der Waals surface area contributed by atoms with Crippen molar-refractivity contribution in [1.29, 1.82) is 0 Å². The summed E-state index contributed by atoms with van der Waals surface area (Å²) in [5, 5.41) is 5.28. The van der Waals surface area contributed by atoms with Crippen LogP contribution in [0.4, 0.5) is 11.4 Å². The summed E-state index contributed by atoms with van der Waals surface area (Å²) >= 11 is 0. The molecule has 6 nitrogen and oxygen atoms in total. The summed E-state index contributed by atoms with van der Waals surface area (Å²) in [6.45, 7) is 2.92. The number of carbonyl (C=O) groups excluding carboxylic acids is 3. The summed E-state index contributed by atoms with van der Waals surface area (Å²) in [5.74, 6) is -1.17. The lowest BCUT2D eigenvalue weighted by Gasteiger charge is -2.14. The number of esters is 1. The van der Waals surface area contributed by atoms with Gasteiger partial charge in [0, 0.05) is 18.3 Å². The third kappa shape index (κ3) is 4.95. The first-order valence-corrected chi connectivity index (χ1v) is 7.40. The fraction of sp³-hybridized carbons (Fsp3) is 0.167. The second-order valence-corrected chi connectivity index (χ2v) is 5.16. The highest BCUT2D eigenvalue weighted by molar-refractivity contribution is 5.97. The fourth-order valence-corrected chi connectivity index (χ4v) is 1.94. The van der Waals surface area contributed by atoms with Crippen molar-refractivity contribution >= 4 is 29.2 Å². The Kier molecular flexibility index (Phi) is 5.68. The quantitative estimate of drug-likeness (QED) is 0.828. The van der Waals surface area contributed by atoms with Crippen LogP contribution < -0.4 is 10.6 Å². The predicted octanol–water partition coefficient (Wildman–Crippen LogP) is 2.83. The molecule has 2 rings (SSSR count). The van der Waals surface area contributed by atoms with Gasteiger partial charge in [-0.3, -0.25) is 9.59 Å². The van der Waals surface area contributed by atoms with Gasteiger partial charge in [-0.05, 0) is 43.3 Å². The molecule has 0 heterocycles.